The summed E-state index contributed by atoms with van der Waals surface area (Å²) in [6.45, 7) is 6.76. The fourth-order valence-electron chi connectivity index (χ4n) is 2.80. The van der Waals surface area contributed by atoms with Crippen molar-refractivity contribution in [1.82, 2.24) is 24.8 Å². The number of hydrogen-bond donors (Lipinski definition) is 2. The zero-order chi connectivity index (χ0) is 19.2. The topological polar surface area (TPSA) is 109 Å². The maximum absolute atomic E-state index is 11.7. The third-order valence-electron chi connectivity index (χ3n) is 4.31. The maximum atomic E-state index is 11.7. The van der Waals surface area contributed by atoms with Crippen LogP contribution in [0, 0.1) is 0 Å². The van der Waals surface area contributed by atoms with Gasteiger partial charge in [0.15, 0.2) is 0 Å². The Bertz CT molecular complexity index is 774. The smallest absolute Gasteiger partial charge is 0.338 e. The number of likely N-dealkylation sites (N-methyl/N-ethyl adjacent to an activating group) is 1. The van der Waals surface area contributed by atoms with E-state index in [1.807, 2.05) is 0 Å². The van der Waals surface area contributed by atoms with Gasteiger partial charge >= 0.3 is 5.97 Å². The number of nitrogens with zero attached hydrogens (tertiary/aromatic N) is 5. The Morgan fingerprint density at radius 2 is 1.85 bits per heavy atom. The number of hydrogen-bond acceptors (Lipinski definition) is 9. The lowest BCUT2D eigenvalue weighted by molar-refractivity contribution is 0.0526. The van der Waals surface area contributed by atoms with Crippen LogP contribution in [0.2, 0.25) is 0 Å². The van der Waals surface area contributed by atoms with Gasteiger partial charge < -0.3 is 20.7 Å². The summed E-state index contributed by atoms with van der Waals surface area (Å²) in [5.74, 6) is 0.857. The molecule has 9 nitrogen and oxygen atoms in total. The maximum Gasteiger partial charge on any atom is 0.338 e. The van der Waals surface area contributed by atoms with Gasteiger partial charge in [-0.1, -0.05) is 0 Å². The Morgan fingerprint density at radius 1 is 1.15 bits per heavy atom. The summed E-state index contributed by atoms with van der Waals surface area (Å²) in [6.07, 6.45) is 0. The molecule has 1 aliphatic rings. The normalized spacial score (nSPS) is 15.5. The molecule has 1 aromatic carbocycles. The van der Waals surface area contributed by atoms with Crippen LogP contribution in [-0.2, 0) is 11.3 Å². The highest BCUT2D eigenvalue weighted by Crippen LogP contribution is 2.16. The second-order valence-corrected chi connectivity index (χ2v) is 6.44. The van der Waals surface area contributed by atoms with Gasteiger partial charge in [-0.3, -0.25) is 4.90 Å². The lowest BCUT2D eigenvalue weighted by Gasteiger charge is -2.31. The number of aromatic nitrogens is 3. The van der Waals surface area contributed by atoms with Crippen LogP contribution in [0.4, 0.5) is 17.6 Å². The Labute approximate surface area is 158 Å². The first-order chi connectivity index (χ1) is 13.0. The Balaban J connectivity index is 1.66. The largest absolute Gasteiger partial charge is 0.462 e. The molecular formula is C18H25N7O2. The summed E-state index contributed by atoms with van der Waals surface area (Å²) in [4.78, 5) is 29.2. The molecule has 9 heteroatoms. The number of rotatable bonds is 6. The first-order valence-electron chi connectivity index (χ1n) is 8.99. The van der Waals surface area contributed by atoms with E-state index in [-0.39, 0.29) is 11.9 Å². The summed E-state index contributed by atoms with van der Waals surface area (Å²) in [5.41, 5.74) is 7.09. The van der Waals surface area contributed by atoms with E-state index in [0.29, 0.717) is 30.5 Å². The van der Waals surface area contributed by atoms with Gasteiger partial charge in [-0.05, 0) is 38.2 Å². The summed E-state index contributed by atoms with van der Waals surface area (Å²) in [7, 11) is 2.12. The van der Waals surface area contributed by atoms with Crippen molar-refractivity contribution in [2.75, 3.05) is 50.9 Å². The van der Waals surface area contributed by atoms with Crippen molar-refractivity contribution in [2.24, 2.45) is 0 Å². The Hall–Kier alpha value is -2.78. The van der Waals surface area contributed by atoms with Gasteiger partial charge in [0.05, 0.1) is 18.7 Å². The molecule has 1 aromatic heterocycles. The molecule has 1 fully saturated rings. The summed E-state index contributed by atoms with van der Waals surface area (Å²) in [6, 6.07) is 6.92. The molecule has 0 bridgehead atoms. The summed E-state index contributed by atoms with van der Waals surface area (Å²) in [5, 5.41) is 3.11. The van der Waals surface area contributed by atoms with Crippen LogP contribution >= 0.6 is 0 Å². The Morgan fingerprint density at radius 3 is 2.52 bits per heavy atom. The Kier molecular flexibility index (Phi) is 6.15. The van der Waals surface area contributed by atoms with Gasteiger partial charge in [0, 0.05) is 31.9 Å². The van der Waals surface area contributed by atoms with E-state index in [0.717, 1.165) is 31.9 Å². The summed E-state index contributed by atoms with van der Waals surface area (Å²) < 4.78 is 4.98. The highest BCUT2D eigenvalue weighted by atomic mass is 16.5. The van der Waals surface area contributed by atoms with Crippen LogP contribution < -0.4 is 11.1 Å². The highest BCUT2D eigenvalue weighted by molar-refractivity contribution is 5.89. The van der Waals surface area contributed by atoms with E-state index in [4.69, 9.17) is 10.5 Å². The molecule has 0 spiro atoms. The molecule has 0 radical (unpaired) electrons. The molecule has 3 rings (SSSR count). The van der Waals surface area contributed by atoms with E-state index >= 15 is 0 Å². The zero-order valence-electron chi connectivity index (χ0n) is 15.7. The highest BCUT2D eigenvalue weighted by Gasteiger charge is 2.16. The van der Waals surface area contributed by atoms with Crippen LogP contribution in [0.3, 0.4) is 0 Å². The van der Waals surface area contributed by atoms with Crippen molar-refractivity contribution in [3.8, 4) is 0 Å². The lowest BCUT2D eigenvalue weighted by Crippen LogP contribution is -2.44. The number of piperazine rings is 1. The molecule has 0 atom stereocenters. The quantitative estimate of drug-likeness (QED) is 0.722. The van der Waals surface area contributed by atoms with Gasteiger partial charge in [-0.25, -0.2) is 4.79 Å². The molecule has 0 amide bonds. The number of carbonyl (C=O) groups excluding carboxylic acids is 1. The van der Waals surface area contributed by atoms with E-state index in [1.165, 1.54) is 0 Å². The minimum absolute atomic E-state index is 0.180. The minimum atomic E-state index is -0.345. The molecule has 0 unspecified atom stereocenters. The van der Waals surface area contributed by atoms with E-state index in [1.54, 1.807) is 31.2 Å². The molecule has 2 aromatic rings. The van der Waals surface area contributed by atoms with Crippen molar-refractivity contribution < 1.29 is 9.53 Å². The average molecular weight is 371 g/mol. The average Bonchev–Trinajstić information content (AvgIpc) is 2.64. The second-order valence-electron chi connectivity index (χ2n) is 6.44. The van der Waals surface area contributed by atoms with E-state index in [9.17, 15) is 4.79 Å². The molecule has 1 saturated heterocycles. The molecule has 144 valence electrons. The summed E-state index contributed by atoms with van der Waals surface area (Å²) >= 11 is 0. The van der Waals surface area contributed by atoms with Gasteiger partial charge in [-0.2, -0.15) is 15.0 Å². The number of ether oxygens (including phenoxy) is 1. The van der Waals surface area contributed by atoms with Crippen LogP contribution in [-0.4, -0.2) is 70.6 Å². The minimum Gasteiger partial charge on any atom is -0.462 e. The van der Waals surface area contributed by atoms with Crippen molar-refractivity contribution in [1.29, 1.82) is 0 Å². The van der Waals surface area contributed by atoms with Crippen molar-refractivity contribution in [3.63, 3.8) is 0 Å². The predicted octanol–water partition coefficient (Wildman–Crippen LogP) is 1.12. The molecular weight excluding hydrogens is 346 g/mol. The molecule has 2 heterocycles. The van der Waals surface area contributed by atoms with Gasteiger partial charge in [0.1, 0.15) is 5.82 Å². The lowest BCUT2D eigenvalue weighted by atomic mass is 10.2. The van der Waals surface area contributed by atoms with Crippen LogP contribution in [0.1, 0.15) is 23.1 Å². The first kappa shape index (κ1) is 19.0. The predicted molar refractivity (Wildman–Crippen MR) is 103 cm³/mol. The standard InChI is InChI=1S/C18H25N7O2/c1-3-27-16(26)13-4-6-14(7-5-13)20-18-22-15(21-17(19)23-18)12-25-10-8-24(2)9-11-25/h4-7H,3,8-12H2,1-2H3,(H3,19,20,21,22,23). The number of nitrogens with one attached hydrogen (secondary N) is 1. The SMILES string of the molecule is CCOC(=O)c1ccc(Nc2nc(N)nc(CN3CCN(C)CC3)n2)cc1. The fraction of sp³-hybridized carbons (Fsp3) is 0.444. The number of nitrogens with two attached hydrogens (primary N) is 1. The van der Waals surface area contributed by atoms with Gasteiger partial charge in [0.25, 0.3) is 0 Å². The van der Waals surface area contributed by atoms with E-state index in [2.05, 4.69) is 37.1 Å². The molecule has 0 aliphatic carbocycles. The van der Waals surface area contributed by atoms with Crippen molar-refractivity contribution in [3.05, 3.63) is 35.7 Å². The third-order valence-corrected chi connectivity index (χ3v) is 4.31. The van der Waals surface area contributed by atoms with Crippen molar-refractivity contribution >= 4 is 23.6 Å². The van der Waals surface area contributed by atoms with Crippen LogP contribution in [0.5, 0.6) is 0 Å². The van der Waals surface area contributed by atoms with Gasteiger partial charge in [0.2, 0.25) is 11.9 Å². The number of benzene rings is 1. The van der Waals surface area contributed by atoms with Crippen LogP contribution in [0.25, 0.3) is 0 Å². The number of nitrogen functional groups attached to an aromatic ring is 1. The second kappa shape index (κ2) is 8.74. The first-order valence-corrected chi connectivity index (χ1v) is 8.99. The number of anilines is 3. The van der Waals surface area contributed by atoms with Crippen LogP contribution in [0.15, 0.2) is 24.3 Å². The van der Waals surface area contributed by atoms with E-state index < -0.39 is 0 Å². The molecule has 3 N–H and O–H groups in total. The molecule has 27 heavy (non-hydrogen) atoms. The monoisotopic (exact) mass is 371 g/mol. The number of carbonyl (C=O) groups is 1. The molecule has 0 saturated carbocycles. The third kappa shape index (κ3) is 5.35. The number of esters is 1. The zero-order valence-corrected chi connectivity index (χ0v) is 15.7. The molecule has 1 aliphatic heterocycles. The fourth-order valence-corrected chi connectivity index (χ4v) is 2.80. The van der Waals surface area contributed by atoms with Gasteiger partial charge in [-0.15, -0.1) is 0 Å². The van der Waals surface area contributed by atoms with Crippen molar-refractivity contribution in [2.45, 2.75) is 13.5 Å².